The van der Waals surface area contributed by atoms with Gasteiger partial charge in [0.15, 0.2) is 4.77 Å². The highest BCUT2D eigenvalue weighted by molar-refractivity contribution is 7.71. The summed E-state index contributed by atoms with van der Waals surface area (Å²) in [5.74, 6) is 0.0521. The quantitative estimate of drug-likeness (QED) is 0.769. The van der Waals surface area contributed by atoms with Crippen molar-refractivity contribution in [2.75, 3.05) is 0 Å². The summed E-state index contributed by atoms with van der Waals surface area (Å²) >= 11 is 5.12. The summed E-state index contributed by atoms with van der Waals surface area (Å²) < 4.78 is 2.44. The van der Waals surface area contributed by atoms with E-state index in [1.165, 1.54) is 0 Å². The number of carbonyl (C=O) groups is 1. The third-order valence-corrected chi connectivity index (χ3v) is 3.01. The Hall–Kier alpha value is -1.10. The maximum atomic E-state index is 11.8. The molecule has 1 heterocycles. The van der Waals surface area contributed by atoms with E-state index in [0.29, 0.717) is 10.8 Å². The molecular weight excluding hydrogens is 210 g/mol. The molecule has 1 aromatic rings. The standard InChI is InChI=1S/C10H15N3OS/c1-6-5-11-10(15)13(6)7(2)9(14)12-8-3-4-8/h5,7-8H,3-4H2,1-2H3,(H,11,15)(H,12,14). The minimum Gasteiger partial charge on any atom is -0.352 e. The fourth-order valence-electron chi connectivity index (χ4n) is 1.61. The SMILES string of the molecule is Cc1c[nH]c(=S)n1C(C)C(=O)NC1CC1. The number of nitrogens with one attached hydrogen (secondary N) is 2. The summed E-state index contributed by atoms with van der Waals surface area (Å²) in [6.07, 6.45) is 4.04. The third-order valence-electron chi connectivity index (χ3n) is 2.69. The summed E-state index contributed by atoms with van der Waals surface area (Å²) in [4.78, 5) is 14.7. The van der Waals surface area contributed by atoms with Crippen LogP contribution in [0.1, 0.15) is 31.5 Å². The molecule has 0 aliphatic heterocycles. The maximum absolute atomic E-state index is 11.8. The van der Waals surface area contributed by atoms with Gasteiger partial charge in [0.05, 0.1) is 0 Å². The average Bonchev–Trinajstić information content (AvgIpc) is 2.93. The van der Waals surface area contributed by atoms with Crippen molar-refractivity contribution < 1.29 is 4.79 Å². The van der Waals surface area contributed by atoms with Crippen LogP contribution in [0.2, 0.25) is 0 Å². The number of rotatable bonds is 3. The zero-order valence-electron chi connectivity index (χ0n) is 8.91. The van der Waals surface area contributed by atoms with Gasteiger partial charge in [0, 0.05) is 17.9 Å². The predicted molar refractivity (Wildman–Crippen MR) is 60.2 cm³/mol. The monoisotopic (exact) mass is 225 g/mol. The Morgan fingerprint density at radius 2 is 2.40 bits per heavy atom. The Kier molecular flexibility index (Phi) is 2.65. The van der Waals surface area contributed by atoms with Crippen LogP contribution in [0.5, 0.6) is 0 Å². The van der Waals surface area contributed by atoms with Gasteiger partial charge in [-0.25, -0.2) is 0 Å². The number of amides is 1. The van der Waals surface area contributed by atoms with Crippen molar-refractivity contribution in [3.63, 3.8) is 0 Å². The van der Waals surface area contributed by atoms with Crippen LogP contribution in [0.15, 0.2) is 6.20 Å². The fraction of sp³-hybridized carbons (Fsp3) is 0.600. The van der Waals surface area contributed by atoms with Crippen LogP contribution in [0.25, 0.3) is 0 Å². The van der Waals surface area contributed by atoms with Crippen LogP contribution in [0.4, 0.5) is 0 Å². The fourth-order valence-corrected chi connectivity index (χ4v) is 1.97. The van der Waals surface area contributed by atoms with E-state index in [-0.39, 0.29) is 11.9 Å². The van der Waals surface area contributed by atoms with Crippen LogP contribution in [0.3, 0.4) is 0 Å². The van der Waals surface area contributed by atoms with Gasteiger partial charge in [-0.3, -0.25) is 4.79 Å². The van der Waals surface area contributed by atoms with E-state index in [4.69, 9.17) is 12.2 Å². The molecule has 0 aromatic carbocycles. The predicted octanol–water partition coefficient (Wildman–Crippen LogP) is 1.69. The molecule has 0 bridgehead atoms. The zero-order valence-corrected chi connectivity index (χ0v) is 9.73. The van der Waals surface area contributed by atoms with Crippen LogP contribution >= 0.6 is 12.2 Å². The molecule has 1 aliphatic rings. The molecule has 82 valence electrons. The van der Waals surface area contributed by atoms with Crippen molar-refractivity contribution in [3.05, 3.63) is 16.7 Å². The number of aromatic amines is 1. The molecule has 1 fully saturated rings. The second-order valence-corrected chi connectivity index (χ2v) is 4.45. The first kappa shape index (κ1) is 10.4. The molecule has 2 N–H and O–H groups in total. The number of carbonyl (C=O) groups excluding carboxylic acids is 1. The molecule has 1 unspecified atom stereocenters. The lowest BCUT2D eigenvalue weighted by Crippen LogP contribution is -2.32. The lowest BCUT2D eigenvalue weighted by Gasteiger charge is -2.14. The summed E-state index contributed by atoms with van der Waals surface area (Å²) in [5.41, 5.74) is 0.985. The number of aromatic nitrogens is 2. The highest BCUT2D eigenvalue weighted by Crippen LogP contribution is 2.20. The van der Waals surface area contributed by atoms with Crippen LogP contribution < -0.4 is 5.32 Å². The number of H-pyrrole nitrogens is 1. The van der Waals surface area contributed by atoms with Gasteiger partial charge in [-0.1, -0.05) is 0 Å². The van der Waals surface area contributed by atoms with Gasteiger partial charge >= 0.3 is 0 Å². The first-order valence-electron chi connectivity index (χ1n) is 5.16. The maximum Gasteiger partial charge on any atom is 0.243 e. The van der Waals surface area contributed by atoms with E-state index < -0.39 is 0 Å². The van der Waals surface area contributed by atoms with Gasteiger partial charge in [-0.15, -0.1) is 0 Å². The topological polar surface area (TPSA) is 49.8 Å². The van der Waals surface area contributed by atoms with Gasteiger partial charge in [-0.05, 0) is 38.9 Å². The molecule has 1 aliphatic carbocycles. The molecule has 1 atom stereocenters. The highest BCUT2D eigenvalue weighted by Gasteiger charge is 2.26. The molecule has 0 spiro atoms. The van der Waals surface area contributed by atoms with Crippen molar-refractivity contribution in [3.8, 4) is 0 Å². The summed E-state index contributed by atoms with van der Waals surface area (Å²) in [5, 5.41) is 2.98. The Labute approximate surface area is 93.7 Å². The number of nitrogens with zero attached hydrogens (tertiary/aromatic N) is 1. The molecule has 1 saturated carbocycles. The molecule has 0 saturated heterocycles. The average molecular weight is 225 g/mol. The minimum absolute atomic E-state index is 0.0521. The van der Waals surface area contributed by atoms with Crippen molar-refractivity contribution in [1.82, 2.24) is 14.9 Å². The number of aryl methyl sites for hydroxylation is 1. The molecule has 2 rings (SSSR count). The van der Waals surface area contributed by atoms with Gasteiger partial charge in [0.2, 0.25) is 5.91 Å². The summed E-state index contributed by atoms with van der Waals surface area (Å²) in [6.45, 7) is 3.81. The van der Waals surface area contributed by atoms with E-state index in [1.807, 2.05) is 24.6 Å². The Morgan fingerprint density at radius 1 is 1.73 bits per heavy atom. The Bertz CT molecular complexity index is 430. The van der Waals surface area contributed by atoms with Crippen molar-refractivity contribution >= 4 is 18.1 Å². The van der Waals surface area contributed by atoms with Gasteiger partial charge in [0.1, 0.15) is 6.04 Å². The van der Waals surface area contributed by atoms with E-state index >= 15 is 0 Å². The largest absolute Gasteiger partial charge is 0.352 e. The normalized spacial score (nSPS) is 17.5. The number of hydrogen-bond acceptors (Lipinski definition) is 2. The smallest absolute Gasteiger partial charge is 0.243 e. The van der Waals surface area contributed by atoms with Crippen molar-refractivity contribution in [1.29, 1.82) is 0 Å². The van der Waals surface area contributed by atoms with Crippen LogP contribution in [-0.4, -0.2) is 21.5 Å². The Balaban J connectivity index is 2.15. The Morgan fingerprint density at radius 3 is 2.87 bits per heavy atom. The number of hydrogen-bond donors (Lipinski definition) is 2. The number of imidazole rings is 1. The highest BCUT2D eigenvalue weighted by atomic mass is 32.1. The van der Waals surface area contributed by atoms with Crippen molar-refractivity contribution in [2.45, 2.75) is 38.8 Å². The molecule has 5 heteroatoms. The van der Waals surface area contributed by atoms with Gasteiger partial charge < -0.3 is 14.9 Å². The van der Waals surface area contributed by atoms with E-state index in [0.717, 1.165) is 18.5 Å². The molecule has 4 nitrogen and oxygen atoms in total. The molecule has 1 aromatic heterocycles. The molecular formula is C10H15N3OS. The van der Waals surface area contributed by atoms with Crippen molar-refractivity contribution in [2.24, 2.45) is 0 Å². The lowest BCUT2D eigenvalue weighted by atomic mass is 10.3. The van der Waals surface area contributed by atoms with E-state index in [9.17, 15) is 4.79 Å². The second kappa shape index (κ2) is 3.81. The van der Waals surface area contributed by atoms with E-state index in [2.05, 4.69) is 10.3 Å². The second-order valence-electron chi connectivity index (χ2n) is 4.06. The van der Waals surface area contributed by atoms with E-state index in [1.54, 1.807) is 0 Å². The zero-order chi connectivity index (χ0) is 11.0. The minimum atomic E-state index is -0.232. The van der Waals surface area contributed by atoms with Crippen LogP contribution in [0, 0.1) is 11.7 Å². The lowest BCUT2D eigenvalue weighted by molar-refractivity contribution is -0.124. The van der Waals surface area contributed by atoms with Crippen LogP contribution in [-0.2, 0) is 4.79 Å². The van der Waals surface area contributed by atoms with Gasteiger partial charge in [-0.2, -0.15) is 0 Å². The first-order valence-corrected chi connectivity index (χ1v) is 5.57. The summed E-state index contributed by atoms with van der Waals surface area (Å²) in [7, 11) is 0. The third kappa shape index (κ3) is 2.12. The molecule has 1 amide bonds. The molecule has 0 radical (unpaired) electrons. The van der Waals surface area contributed by atoms with Gasteiger partial charge in [0.25, 0.3) is 0 Å². The summed E-state index contributed by atoms with van der Waals surface area (Å²) in [6, 6.07) is 0.165. The first-order chi connectivity index (χ1) is 7.09. The molecule has 15 heavy (non-hydrogen) atoms.